The van der Waals surface area contributed by atoms with Gasteiger partial charge in [0.05, 0.1) is 18.0 Å². The van der Waals surface area contributed by atoms with Crippen LogP contribution in [0.2, 0.25) is 0 Å². The van der Waals surface area contributed by atoms with Crippen molar-refractivity contribution in [3.05, 3.63) is 23.8 Å². The molecule has 0 aromatic heterocycles. The smallest absolute Gasteiger partial charge is 0.168 e. The Morgan fingerprint density at radius 1 is 1.37 bits per heavy atom. The first kappa shape index (κ1) is 14.0. The molecule has 5 nitrogen and oxygen atoms in total. The lowest BCUT2D eigenvalue weighted by atomic mass is 10.1. The van der Waals surface area contributed by atoms with Gasteiger partial charge in [-0.15, -0.1) is 0 Å². The molecule has 2 rings (SSSR count). The number of hydrogen-bond acceptors (Lipinski definition) is 4. The zero-order valence-electron chi connectivity index (χ0n) is 11.1. The highest BCUT2D eigenvalue weighted by Gasteiger charge is 2.17. The Kier molecular flexibility index (Phi) is 4.57. The van der Waals surface area contributed by atoms with E-state index in [4.69, 9.17) is 18.0 Å². The van der Waals surface area contributed by atoms with Crippen LogP contribution in [0.25, 0.3) is 0 Å². The number of aliphatic hydroxyl groups excluding tert-OH is 1. The van der Waals surface area contributed by atoms with Crippen molar-refractivity contribution < 1.29 is 5.11 Å². The van der Waals surface area contributed by atoms with E-state index < -0.39 is 0 Å². The lowest BCUT2D eigenvalue weighted by molar-refractivity contribution is 0.282. The third-order valence-corrected chi connectivity index (χ3v) is 3.45. The first-order valence-corrected chi connectivity index (χ1v) is 6.74. The monoisotopic (exact) mass is 280 g/mol. The Morgan fingerprint density at radius 3 is 2.63 bits per heavy atom. The molecule has 0 spiro atoms. The second-order valence-corrected chi connectivity index (χ2v) is 5.23. The SMILES string of the molecule is CN1CCN(c2ccc(CO)cc2NC(N)=S)CC1. The Bertz CT molecular complexity index is 458. The molecular weight excluding hydrogens is 260 g/mol. The number of rotatable bonds is 3. The number of nitrogens with zero attached hydrogens (tertiary/aromatic N) is 2. The van der Waals surface area contributed by atoms with Crippen LogP contribution in [0.3, 0.4) is 0 Å². The van der Waals surface area contributed by atoms with E-state index in [0.29, 0.717) is 0 Å². The van der Waals surface area contributed by atoms with Gasteiger partial charge in [0.2, 0.25) is 0 Å². The number of thiocarbonyl (C=S) groups is 1. The van der Waals surface area contributed by atoms with Crippen molar-refractivity contribution in [3.63, 3.8) is 0 Å². The summed E-state index contributed by atoms with van der Waals surface area (Å²) >= 11 is 4.91. The number of piperazine rings is 1. The zero-order valence-corrected chi connectivity index (χ0v) is 11.9. The van der Waals surface area contributed by atoms with E-state index in [1.807, 2.05) is 18.2 Å². The van der Waals surface area contributed by atoms with Crippen LogP contribution in [0.4, 0.5) is 11.4 Å². The molecule has 0 bridgehead atoms. The number of nitrogens with one attached hydrogen (secondary N) is 1. The van der Waals surface area contributed by atoms with Crippen LogP contribution in [0, 0.1) is 0 Å². The first-order chi connectivity index (χ1) is 9.10. The van der Waals surface area contributed by atoms with Crippen LogP contribution in [0.15, 0.2) is 18.2 Å². The molecule has 1 fully saturated rings. The number of benzene rings is 1. The van der Waals surface area contributed by atoms with Crippen LogP contribution < -0.4 is 16.0 Å². The highest BCUT2D eigenvalue weighted by Crippen LogP contribution is 2.28. The van der Waals surface area contributed by atoms with Crippen LogP contribution in [0.5, 0.6) is 0 Å². The van der Waals surface area contributed by atoms with Crippen molar-refractivity contribution in [2.24, 2.45) is 5.73 Å². The summed E-state index contributed by atoms with van der Waals surface area (Å²) < 4.78 is 0. The Balaban J connectivity index is 2.25. The fourth-order valence-corrected chi connectivity index (χ4v) is 2.35. The van der Waals surface area contributed by atoms with Crippen molar-refractivity contribution in [2.75, 3.05) is 43.4 Å². The Labute approximate surface area is 119 Å². The second kappa shape index (κ2) is 6.18. The van der Waals surface area contributed by atoms with Crippen molar-refractivity contribution in [2.45, 2.75) is 6.61 Å². The molecule has 0 radical (unpaired) electrons. The van der Waals surface area contributed by atoms with Gasteiger partial charge in [0, 0.05) is 26.2 Å². The van der Waals surface area contributed by atoms with Gasteiger partial charge in [-0.3, -0.25) is 0 Å². The molecule has 4 N–H and O–H groups in total. The lowest BCUT2D eigenvalue weighted by Crippen LogP contribution is -2.44. The summed E-state index contributed by atoms with van der Waals surface area (Å²) in [6.07, 6.45) is 0. The molecule has 1 heterocycles. The third kappa shape index (κ3) is 3.56. The average molecular weight is 280 g/mol. The molecule has 1 saturated heterocycles. The van der Waals surface area contributed by atoms with Crippen molar-refractivity contribution in [1.29, 1.82) is 0 Å². The molecule has 1 aliphatic heterocycles. The molecule has 1 aliphatic rings. The van der Waals surface area contributed by atoms with Gasteiger partial charge in [-0.25, -0.2) is 0 Å². The number of hydrogen-bond donors (Lipinski definition) is 3. The predicted molar refractivity (Wildman–Crippen MR) is 82.5 cm³/mol. The molecule has 0 aliphatic carbocycles. The lowest BCUT2D eigenvalue weighted by Gasteiger charge is -2.35. The summed E-state index contributed by atoms with van der Waals surface area (Å²) in [5, 5.41) is 12.5. The average Bonchev–Trinajstić information content (AvgIpc) is 2.39. The molecule has 104 valence electrons. The van der Waals surface area contributed by atoms with E-state index in [0.717, 1.165) is 43.1 Å². The van der Waals surface area contributed by atoms with Gasteiger partial charge in [-0.1, -0.05) is 6.07 Å². The summed E-state index contributed by atoms with van der Waals surface area (Å²) in [6.45, 7) is 4.03. The number of likely N-dealkylation sites (N-methyl/N-ethyl adjacent to an activating group) is 1. The largest absolute Gasteiger partial charge is 0.392 e. The summed E-state index contributed by atoms with van der Waals surface area (Å²) in [5.74, 6) is 0. The Hall–Kier alpha value is -1.37. The van der Waals surface area contributed by atoms with Crippen molar-refractivity contribution >= 4 is 28.7 Å². The normalized spacial score (nSPS) is 16.4. The van der Waals surface area contributed by atoms with Gasteiger partial charge >= 0.3 is 0 Å². The van der Waals surface area contributed by atoms with Gasteiger partial charge in [-0.05, 0) is 37.0 Å². The maximum absolute atomic E-state index is 9.22. The molecular formula is C13H20N4OS. The standard InChI is InChI=1S/C13H20N4OS/c1-16-4-6-17(7-5-16)12-3-2-10(9-18)8-11(12)15-13(14)19/h2-3,8,18H,4-7,9H2,1H3,(H3,14,15,19). The van der Waals surface area contributed by atoms with E-state index in [-0.39, 0.29) is 11.7 Å². The van der Waals surface area contributed by atoms with E-state index in [1.165, 1.54) is 0 Å². The summed E-state index contributed by atoms with van der Waals surface area (Å²) in [7, 11) is 2.13. The minimum atomic E-state index is 0.00896. The number of anilines is 2. The highest BCUT2D eigenvalue weighted by atomic mass is 32.1. The molecule has 19 heavy (non-hydrogen) atoms. The predicted octanol–water partition coefficient (Wildman–Crippen LogP) is 0.586. The highest BCUT2D eigenvalue weighted by molar-refractivity contribution is 7.80. The summed E-state index contributed by atoms with van der Waals surface area (Å²) in [6, 6.07) is 5.84. The Morgan fingerprint density at radius 2 is 2.05 bits per heavy atom. The fraction of sp³-hybridized carbons (Fsp3) is 0.462. The first-order valence-electron chi connectivity index (χ1n) is 6.34. The van der Waals surface area contributed by atoms with E-state index in [9.17, 15) is 5.11 Å². The summed E-state index contributed by atoms with van der Waals surface area (Å²) in [4.78, 5) is 4.61. The van der Waals surface area contributed by atoms with Gasteiger partial charge in [0.15, 0.2) is 5.11 Å². The van der Waals surface area contributed by atoms with Gasteiger partial charge < -0.3 is 26.0 Å². The van der Waals surface area contributed by atoms with E-state index in [2.05, 4.69) is 22.2 Å². The van der Waals surface area contributed by atoms with Gasteiger partial charge in [0.25, 0.3) is 0 Å². The third-order valence-electron chi connectivity index (χ3n) is 3.35. The van der Waals surface area contributed by atoms with Crippen LogP contribution in [-0.2, 0) is 6.61 Å². The quantitative estimate of drug-likeness (QED) is 0.704. The minimum absolute atomic E-state index is 0.00896. The van der Waals surface area contributed by atoms with E-state index in [1.54, 1.807) is 0 Å². The minimum Gasteiger partial charge on any atom is -0.392 e. The molecule has 0 unspecified atom stereocenters. The maximum Gasteiger partial charge on any atom is 0.168 e. The van der Waals surface area contributed by atoms with Crippen LogP contribution in [0.1, 0.15) is 5.56 Å². The second-order valence-electron chi connectivity index (χ2n) is 4.79. The van der Waals surface area contributed by atoms with Crippen molar-refractivity contribution in [3.8, 4) is 0 Å². The molecule has 1 aromatic rings. The molecule has 6 heteroatoms. The van der Waals surface area contributed by atoms with Crippen LogP contribution in [-0.4, -0.2) is 48.3 Å². The molecule has 0 saturated carbocycles. The van der Waals surface area contributed by atoms with Gasteiger partial charge in [-0.2, -0.15) is 0 Å². The van der Waals surface area contributed by atoms with Crippen LogP contribution >= 0.6 is 12.2 Å². The molecule has 1 aromatic carbocycles. The topological polar surface area (TPSA) is 64.8 Å². The van der Waals surface area contributed by atoms with Gasteiger partial charge in [0.1, 0.15) is 0 Å². The van der Waals surface area contributed by atoms with Crippen molar-refractivity contribution in [1.82, 2.24) is 4.90 Å². The fourth-order valence-electron chi connectivity index (χ4n) is 2.24. The number of nitrogens with two attached hydrogens (primary N) is 1. The molecule has 0 amide bonds. The number of aliphatic hydroxyl groups is 1. The molecule has 0 atom stereocenters. The van der Waals surface area contributed by atoms with E-state index >= 15 is 0 Å². The summed E-state index contributed by atoms with van der Waals surface area (Å²) in [5.41, 5.74) is 8.36. The maximum atomic E-state index is 9.22. The zero-order chi connectivity index (χ0) is 13.8.